The van der Waals surface area contributed by atoms with E-state index in [1.165, 1.54) is 25.7 Å². The lowest BCUT2D eigenvalue weighted by atomic mass is 9.83. The van der Waals surface area contributed by atoms with Crippen LogP contribution in [-0.2, 0) is 0 Å². The van der Waals surface area contributed by atoms with Crippen molar-refractivity contribution < 1.29 is 20.1 Å². The lowest BCUT2D eigenvalue weighted by Gasteiger charge is -1.96. The van der Waals surface area contributed by atoms with Gasteiger partial charge in [0.25, 0.3) is 0 Å². The van der Waals surface area contributed by atoms with E-state index in [1.54, 1.807) is 0 Å². The van der Waals surface area contributed by atoms with Gasteiger partial charge in [0.1, 0.15) is 0 Å². The van der Waals surface area contributed by atoms with Gasteiger partial charge in [0.2, 0.25) is 0 Å². The molecule has 0 rings (SSSR count). The average molecular weight is 260 g/mol. The van der Waals surface area contributed by atoms with Crippen molar-refractivity contribution in [2.75, 3.05) is 0 Å². The lowest BCUT2D eigenvalue weighted by molar-refractivity contribution is 0.400. The molecule has 18 heavy (non-hydrogen) atoms. The van der Waals surface area contributed by atoms with Crippen LogP contribution >= 0.6 is 0 Å². The summed E-state index contributed by atoms with van der Waals surface area (Å²) in [5, 5.41) is 33.6. The molecule has 4 nitrogen and oxygen atoms in total. The van der Waals surface area contributed by atoms with Crippen molar-refractivity contribution in [3.63, 3.8) is 0 Å². The van der Waals surface area contributed by atoms with Crippen LogP contribution in [0.4, 0.5) is 0 Å². The van der Waals surface area contributed by atoms with Crippen LogP contribution in [0.2, 0.25) is 12.6 Å². The van der Waals surface area contributed by atoms with Crippen molar-refractivity contribution in [3.8, 4) is 0 Å². The SMILES string of the molecule is CCCCCCB(O)O.CCCCCCB(O)O. The molecule has 0 aliphatic rings. The molecule has 0 aromatic carbocycles. The Morgan fingerprint density at radius 1 is 0.556 bits per heavy atom. The van der Waals surface area contributed by atoms with Crippen LogP contribution in [0.3, 0.4) is 0 Å². The monoisotopic (exact) mass is 260 g/mol. The summed E-state index contributed by atoms with van der Waals surface area (Å²) in [5.74, 6) is 0. The summed E-state index contributed by atoms with van der Waals surface area (Å²) in [4.78, 5) is 0. The van der Waals surface area contributed by atoms with Crippen LogP contribution in [0.1, 0.15) is 65.2 Å². The Bertz CT molecular complexity index is 130. The molecular formula is C12H30B2O4. The second kappa shape index (κ2) is 17.0. The highest BCUT2D eigenvalue weighted by Crippen LogP contribution is 2.03. The topological polar surface area (TPSA) is 80.9 Å². The van der Waals surface area contributed by atoms with Gasteiger partial charge in [-0.2, -0.15) is 0 Å². The Kier molecular flexibility index (Phi) is 19.1. The van der Waals surface area contributed by atoms with Gasteiger partial charge in [-0.3, -0.25) is 0 Å². The molecule has 0 saturated heterocycles. The molecule has 0 fully saturated rings. The maximum atomic E-state index is 8.41. The fourth-order valence-corrected chi connectivity index (χ4v) is 1.51. The van der Waals surface area contributed by atoms with Gasteiger partial charge in [-0.25, -0.2) is 0 Å². The Morgan fingerprint density at radius 3 is 1.11 bits per heavy atom. The number of hydrogen-bond acceptors (Lipinski definition) is 4. The molecular weight excluding hydrogens is 230 g/mol. The molecule has 0 unspecified atom stereocenters. The third kappa shape index (κ3) is 25.0. The van der Waals surface area contributed by atoms with Crippen molar-refractivity contribution in [2.24, 2.45) is 0 Å². The average Bonchev–Trinajstić information content (AvgIpc) is 2.31. The van der Waals surface area contributed by atoms with E-state index in [1.807, 2.05) is 0 Å². The van der Waals surface area contributed by atoms with Crippen LogP contribution < -0.4 is 0 Å². The largest absolute Gasteiger partial charge is 0.451 e. The van der Waals surface area contributed by atoms with Crippen molar-refractivity contribution in [2.45, 2.75) is 77.9 Å². The first-order valence-corrected chi connectivity index (χ1v) is 7.26. The maximum absolute atomic E-state index is 8.41. The van der Waals surface area contributed by atoms with E-state index in [0.29, 0.717) is 12.6 Å². The Hall–Kier alpha value is -0.0301. The smallest absolute Gasteiger partial charge is 0.427 e. The second-order valence-corrected chi connectivity index (χ2v) is 4.66. The molecule has 0 aromatic heterocycles. The van der Waals surface area contributed by atoms with E-state index in [4.69, 9.17) is 20.1 Å². The molecule has 0 bridgehead atoms. The first kappa shape index (κ1) is 20.3. The van der Waals surface area contributed by atoms with Gasteiger partial charge in [-0.1, -0.05) is 65.2 Å². The fraction of sp³-hybridized carbons (Fsp3) is 1.00. The number of rotatable bonds is 10. The van der Waals surface area contributed by atoms with Gasteiger partial charge in [0.05, 0.1) is 0 Å². The van der Waals surface area contributed by atoms with Gasteiger partial charge in [0, 0.05) is 0 Å². The van der Waals surface area contributed by atoms with Gasteiger partial charge >= 0.3 is 14.2 Å². The van der Waals surface area contributed by atoms with Crippen LogP contribution in [0.15, 0.2) is 0 Å². The van der Waals surface area contributed by atoms with E-state index in [2.05, 4.69) is 13.8 Å². The van der Waals surface area contributed by atoms with Crippen molar-refractivity contribution in [3.05, 3.63) is 0 Å². The highest BCUT2D eigenvalue weighted by atomic mass is 16.4. The normalized spacial score (nSPS) is 9.67. The predicted octanol–water partition coefficient (Wildman–Crippen LogP) is 2.08. The molecule has 0 spiro atoms. The van der Waals surface area contributed by atoms with Crippen LogP contribution in [0.25, 0.3) is 0 Å². The predicted molar refractivity (Wildman–Crippen MR) is 78.3 cm³/mol. The zero-order chi connectivity index (χ0) is 14.2. The van der Waals surface area contributed by atoms with Crippen LogP contribution in [0, 0.1) is 0 Å². The number of hydrogen-bond donors (Lipinski definition) is 4. The molecule has 0 heterocycles. The van der Waals surface area contributed by atoms with Crippen LogP contribution in [-0.4, -0.2) is 34.3 Å². The third-order valence-corrected chi connectivity index (χ3v) is 2.63. The summed E-state index contributed by atoms with van der Waals surface area (Å²) in [5.41, 5.74) is 0. The van der Waals surface area contributed by atoms with E-state index >= 15 is 0 Å². The quantitative estimate of drug-likeness (QED) is 0.358. The van der Waals surface area contributed by atoms with E-state index < -0.39 is 14.2 Å². The van der Waals surface area contributed by atoms with Crippen molar-refractivity contribution in [1.82, 2.24) is 0 Å². The molecule has 4 N–H and O–H groups in total. The standard InChI is InChI=1S/2C6H15BO2/c2*1-2-3-4-5-6-7(8)9/h2*8-9H,2-6H2,1H3. The fourth-order valence-electron chi connectivity index (χ4n) is 1.51. The van der Waals surface area contributed by atoms with Gasteiger partial charge in [-0.05, 0) is 12.6 Å². The Balaban J connectivity index is 0. The molecule has 6 heteroatoms. The first-order chi connectivity index (χ1) is 8.54. The summed E-state index contributed by atoms with van der Waals surface area (Å²) in [6.45, 7) is 4.27. The van der Waals surface area contributed by atoms with Gasteiger partial charge in [-0.15, -0.1) is 0 Å². The Morgan fingerprint density at radius 2 is 0.889 bits per heavy atom. The first-order valence-electron chi connectivity index (χ1n) is 7.26. The van der Waals surface area contributed by atoms with E-state index in [0.717, 1.165) is 25.7 Å². The summed E-state index contributed by atoms with van der Waals surface area (Å²) < 4.78 is 0. The van der Waals surface area contributed by atoms with Crippen LogP contribution in [0.5, 0.6) is 0 Å². The molecule has 0 radical (unpaired) electrons. The minimum atomic E-state index is -1.10. The molecule has 0 atom stereocenters. The van der Waals surface area contributed by atoms with E-state index in [-0.39, 0.29) is 0 Å². The zero-order valence-electron chi connectivity index (χ0n) is 12.0. The van der Waals surface area contributed by atoms with E-state index in [9.17, 15) is 0 Å². The lowest BCUT2D eigenvalue weighted by Crippen LogP contribution is -2.09. The zero-order valence-corrected chi connectivity index (χ0v) is 12.0. The minimum absolute atomic E-state index is 0.528. The summed E-state index contributed by atoms with van der Waals surface area (Å²) in [6, 6.07) is 0. The molecule has 0 aliphatic heterocycles. The molecule has 0 saturated carbocycles. The number of unbranched alkanes of at least 4 members (excludes halogenated alkanes) is 6. The minimum Gasteiger partial charge on any atom is -0.427 e. The highest BCUT2D eigenvalue weighted by molar-refractivity contribution is 6.41. The maximum Gasteiger partial charge on any atom is 0.451 e. The third-order valence-electron chi connectivity index (χ3n) is 2.63. The molecule has 0 aliphatic carbocycles. The Labute approximate surface area is 113 Å². The highest BCUT2D eigenvalue weighted by Gasteiger charge is 2.04. The molecule has 0 aromatic rings. The van der Waals surface area contributed by atoms with Crippen molar-refractivity contribution >= 4 is 14.2 Å². The van der Waals surface area contributed by atoms with Crippen molar-refractivity contribution in [1.29, 1.82) is 0 Å². The summed E-state index contributed by atoms with van der Waals surface area (Å²) in [6.07, 6.45) is 9.96. The molecule has 108 valence electrons. The summed E-state index contributed by atoms with van der Waals surface area (Å²) >= 11 is 0. The van der Waals surface area contributed by atoms with Gasteiger partial charge in [0.15, 0.2) is 0 Å². The van der Waals surface area contributed by atoms with Gasteiger partial charge < -0.3 is 20.1 Å². The molecule has 0 amide bonds. The summed E-state index contributed by atoms with van der Waals surface area (Å²) in [7, 11) is -2.19. The second-order valence-electron chi connectivity index (χ2n) is 4.66.